The number of alkyl halides is 1. The Kier molecular flexibility index (Phi) is 1.99. The Morgan fingerprint density at radius 2 is 2.29 bits per heavy atom. The zero-order valence-electron chi connectivity index (χ0n) is 7.08. The van der Waals surface area contributed by atoms with Crippen molar-refractivity contribution in [3.63, 3.8) is 0 Å². The molecule has 2 rings (SSSR count). The monoisotopic (exact) mass is 196 g/mol. The van der Waals surface area contributed by atoms with Crippen molar-refractivity contribution in [1.29, 1.82) is 0 Å². The van der Waals surface area contributed by atoms with Gasteiger partial charge in [-0.15, -0.1) is 0 Å². The van der Waals surface area contributed by atoms with Gasteiger partial charge in [0.1, 0.15) is 5.82 Å². The van der Waals surface area contributed by atoms with Gasteiger partial charge in [0.05, 0.1) is 11.0 Å². The van der Waals surface area contributed by atoms with Gasteiger partial charge in [-0.3, -0.25) is 9.36 Å². The normalized spacial score (nSPS) is 10.7. The maximum Gasteiger partial charge on any atom is 0.185 e. The largest absolute Gasteiger partial charge is 0.294 e. The lowest BCUT2D eigenvalue weighted by Crippen LogP contribution is -1.98. The average Bonchev–Trinajstić information content (AvgIpc) is 2.54. The molecular weight excluding hydrogens is 190 g/mol. The molecular formula is C9H6F2N2O. The van der Waals surface area contributed by atoms with E-state index in [0.717, 1.165) is 10.6 Å². The number of aldehydes is 1. The highest BCUT2D eigenvalue weighted by molar-refractivity contribution is 5.82. The lowest BCUT2D eigenvalue weighted by atomic mass is 10.3. The fourth-order valence-electron chi connectivity index (χ4n) is 1.33. The fourth-order valence-corrected chi connectivity index (χ4v) is 1.33. The van der Waals surface area contributed by atoms with E-state index in [1.54, 1.807) is 0 Å². The minimum absolute atomic E-state index is 0.0342. The lowest BCUT2D eigenvalue weighted by molar-refractivity contribution is 0.110. The number of hydrogen-bond donors (Lipinski definition) is 0. The van der Waals surface area contributed by atoms with Gasteiger partial charge in [0.2, 0.25) is 0 Å². The second-order valence-electron chi connectivity index (χ2n) is 2.77. The fraction of sp³-hybridized carbons (Fsp3) is 0.111. The van der Waals surface area contributed by atoms with Crippen molar-refractivity contribution in [3.8, 4) is 0 Å². The topological polar surface area (TPSA) is 34.9 Å². The minimum atomic E-state index is -0.895. The Hall–Kier alpha value is -1.78. The van der Waals surface area contributed by atoms with Crippen LogP contribution in [0.25, 0.3) is 11.0 Å². The van der Waals surface area contributed by atoms with Crippen LogP contribution >= 0.6 is 0 Å². The molecule has 0 amide bonds. The van der Waals surface area contributed by atoms with E-state index in [1.807, 2.05) is 0 Å². The number of imidazole rings is 1. The number of halogens is 2. The molecule has 1 aromatic heterocycles. The number of carbonyl (C=O) groups is 1. The van der Waals surface area contributed by atoms with E-state index >= 15 is 0 Å². The molecule has 0 saturated heterocycles. The Morgan fingerprint density at radius 3 is 2.93 bits per heavy atom. The van der Waals surface area contributed by atoms with Gasteiger partial charge in [0.15, 0.2) is 18.9 Å². The summed E-state index contributed by atoms with van der Waals surface area (Å²) in [6.07, 6.45) is 0.442. The van der Waals surface area contributed by atoms with Gasteiger partial charge in [0.25, 0.3) is 0 Å². The van der Waals surface area contributed by atoms with Crippen molar-refractivity contribution in [2.24, 2.45) is 0 Å². The number of hydrogen-bond acceptors (Lipinski definition) is 2. The van der Waals surface area contributed by atoms with Gasteiger partial charge in [-0.05, 0) is 18.2 Å². The van der Waals surface area contributed by atoms with Crippen LogP contribution < -0.4 is 0 Å². The number of rotatable bonds is 2. The molecule has 0 atom stereocenters. The first-order chi connectivity index (χ1) is 6.76. The lowest BCUT2D eigenvalue weighted by Gasteiger charge is -1.97. The van der Waals surface area contributed by atoms with Crippen LogP contribution in [0.3, 0.4) is 0 Å². The predicted molar refractivity (Wildman–Crippen MR) is 46.2 cm³/mol. The molecule has 1 aromatic carbocycles. The first-order valence-electron chi connectivity index (χ1n) is 3.93. The maximum atomic E-state index is 12.8. The van der Waals surface area contributed by atoms with Crippen LogP contribution in [0.15, 0.2) is 18.2 Å². The number of benzene rings is 1. The van der Waals surface area contributed by atoms with Crippen molar-refractivity contribution in [2.45, 2.75) is 6.80 Å². The van der Waals surface area contributed by atoms with E-state index in [1.165, 1.54) is 12.1 Å². The number of nitrogens with zero attached hydrogens (tertiary/aromatic N) is 2. The summed E-state index contributed by atoms with van der Waals surface area (Å²) in [6.45, 7) is -0.895. The van der Waals surface area contributed by atoms with Crippen LogP contribution in [-0.2, 0) is 6.80 Å². The predicted octanol–water partition coefficient (Wildman–Crippen LogP) is 1.91. The summed E-state index contributed by atoms with van der Waals surface area (Å²) in [6, 6.07) is 3.77. The number of carbonyl (C=O) groups excluding carboxylic acids is 1. The second kappa shape index (κ2) is 3.17. The molecule has 0 radical (unpaired) electrons. The van der Waals surface area contributed by atoms with E-state index in [0.29, 0.717) is 11.8 Å². The zero-order chi connectivity index (χ0) is 10.1. The van der Waals surface area contributed by atoms with Crippen molar-refractivity contribution in [1.82, 2.24) is 9.55 Å². The molecule has 1 heterocycles. The molecule has 2 aromatic rings. The number of fused-ring (bicyclic) bond motifs is 1. The van der Waals surface area contributed by atoms with Crippen molar-refractivity contribution < 1.29 is 13.6 Å². The summed E-state index contributed by atoms with van der Waals surface area (Å²) in [5.74, 6) is -0.516. The molecule has 0 N–H and O–H groups in total. The SMILES string of the molecule is O=Cc1nc2ccc(F)cc2n1CF. The highest BCUT2D eigenvalue weighted by Gasteiger charge is 2.09. The molecule has 0 unspecified atom stereocenters. The van der Waals surface area contributed by atoms with Crippen LogP contribution in [0.1, 0.15) is 10.6 Å². The maximum absolute atomic E-state index is 12.8. The highest BCUT2D eigenvalue weighted by Crippen LogP contribution is 2.16. The van der Waals surface area contributed by atoms with E-state index < -0.39 is 12.6 Å². The average molecular weight is 196 g/mol. The molecule has 0 aliphatic heterocycles. The second-order valence-corrected chi connectivity index (χ2v) is 2.77. The van der Waals surface area contributed by atoms with Crippen LogP contribution in [0.2, 0.25) is 0 Å². The van der Waals surface area contributed by atoms with E-state index in [-0.39, 0.29) is 11.3 Å². The molecule has 0 fully saturated rings. The van der Waals surface area contributed by atoms with Crippen LogP contribution in [0.5, 0.6) is 0 Å². The van der Waals surface area contributed by atoms with E-state index in [4.69, 9.17) is 0 Å². The molecule has 0 aliphatic carbocycles. The van der Waals surface area contributed by atoms with Crippen LogP contribution in [-0.4, -0.2) is 15.8 Å². The quantitative estimate of drug-likeness (QED) is 0.687. The Balaban J connectivity index is 2.81. The first kappa shape index (κ1) is 8.80. The Bertz CT molecular complexity index is 493. The zero-order valence-corrected chi connectivity index (χ0v) is 7.08. The molecule has 0 saturated carbocycles. The third kappa shape index (κ3) is 1.17. The van der Waals surface area contributed by atoms with Crippen molar-refractivity contribution in [2.75, 3.05) is 0 Å². The van der Waals surface area contributed by atoms with Gasteiger partial charge in [0, 0.05) is 0 Å². The minimum Gasteiger partial charge on any atom is -0.294 e. The summed E-state index contributed by atoms with van der Waals surface area (Å²) in [7, 11) is 0. The van der Waals surface area contributed by atoms with Crippen LogP contribution in [0, 0.1) is 5.82 Å². The first-order valence-corrected chi connectivity index (χ1v) is 3.93. The van der Waals surface area contributed by atoms with Crippen LogP contribution in [0.4, 0.5) is 8.78 Å². The molecule has 5 heteroatoms. The molecule has 0 spiro atoms. The summed E-state index contributed by atoms with van der Waals surface area (Å²) in [4.78, 5) is 14.3. The van der Waals surface area contributed by atoms with Gasteiger partial charge in [-0.2, -0.15) is 0 Å². The third-order valence-electron chi connectivity index (χ3n) is 1.96. The summed E-state index contributed by atoms with van der Waals surface area (Å²) >= 11 is 0. The van der Waals surface area contributed by atoms with Gasteiger partial charge < -0.3 is 0 Å². The van der Waals surface area contributed by atoms with Crippen molar-refractivity contribution in [3.05, 3.63) is 29.8 Å². The summed E-state index contributed by atoms with van der Waals surface area (Å²) < 4.78 is 26.3. The molecule has 14 heavy (non-hydrogen) atoms. The molecule has 3 nitrogen and oxygen atoms in total. The highest BCUT2D eigenvalue weighted by atomic mass is 19.1. The Morgan fingerprint density at radius 1 is 1.50 bits per heavy atom. The van der Waals surface area contributed by atoms with Gasteiger partial charge >= 0.3 is 0 Å². The molecule has 0 aliphatic rings. The standard InChI is InChI=1S/C9H6F2N2O/c10-5-13-8-3-6(11)1-2-7(8)12-9(13)4-14/h1-4H,5H2. The van der Waals surface area contributed by atoms with E-state index in [2.05, 4.69) is 4.98 Å². The van der Waals surface area contributed by atoms with Gasteiger partial charge in [-0.25, -0.2) is 13.8 Å². The molecule has 72 valence electrons. The smallest absolute Gasteiger partial charge is 0.185 e. The van der Waals surface area contributed by atoms with Crippen molar-refractivity contribution >= 4 is 17.3 Å². The Labute approximate surface area is 78.0 Å². The summed E-state index contributed by atoms with van der Waals surface area (Å²) in [5.41, 5.74) is 0.695. The molecule has 0 bridgehead atoms. The third-order valence-corrected chi connectivity index (χ3v) is 1.96. The van der Waals surface area contributed by atoms with E-state index in [9.17, 15) is 13.6 Å². The summed E-state index contributed by atoms with van der Waals surface area (Å²) in [5, 5.41) is 0. The number of aromatic nitrogens is 2. The van der Waals surface area contributed by atoms with Gasteiger partial charge in [-0.1, -0.05) is 0 Å².